The number of aryl methyl sites for hydroxylation is 4. The fraction of sp³-hybridized carbons (Fsp3) is 0.500. The molecule has 12 rings (SSSR count). The van der Waals surface area contributed by atoms with Crippen molar-refractivity contribution in [1.29, 1.82) is 0 Å². The van der Waals surface area contributed by atoms with Crippen LogP contribution < -0.4 is 31.1 Å². The Hall–Kier alpha value is -4.90. The largest absolute Gasteiger partial charge is 0.440 e. The average molecular weight is 916 g/mol. The number of hydrogen-bond donors (Lipinski definition) is 0. The van der Waals surface area contributed by atoms with Crippen molar-refractivity contribution >= 4 is 74.1 Å². The fourth-order valence-electron chi connectivity index (χ4n) is 15.7. The van der Waals surface area contributed by atoms with Crippen LogP contribution in [0, 0.1) is 27.7 Å². The summed E-state index contributed by atoms with van der Waals surface area (Å²) in [5, 5.41) is 1.25. The Labute approximate surface area is 415 Å². The van der Waals surface area contributed by atoms with Crippen LogP contribution >= 0.6 is 0 Å². The maximum absolute atomic E-state index is 7.56. The zero-order valence-corrected chi connectivity index (χ0v) is 45.3. The van der Waals surface area contributed by atoms with Crippen LogP contribution in [0.3, 0.4) is 0 Å². The molecule has 0 radical (unpaired) electrons. The van der Waals surface area contributed by atoms with Gasteiger partial charge in [0.15, 0.2) is 0 Å². The van der Waals surface area contributed by atoms with Crippen LogP contribution in [0.25, 0.3) is 11.0 Å². The molecule has 4 aliphatic heterocycles. The average Bonchev–Trinajstić information content (AvgIpc) is 3.81. The first kappa shape index (κ1) is 45.3. The van der Waals surface area contributed by atoms with Crippen molar-refractivity contribution in [1.82, 2.24) is 0 Å². The van der Waals surface area contributed by atoms with Crippen LogP contribution in [0.15, 0.2) is 71.1 Å². The lowest BCUT2D eigenvalue weighted by molar-refractivity contribution is 0.193. The number of hydrogen-bond acceptors (Lipinski definition) is 4. The number of anilines is 7. The molecular weight excluding hydrogens is 838 g/mol. The van der Waals surface area contributed by atoms with Gasteiger partial charge in [-0.25, -0.2) is 0 Å². The van der Waals surface area contributed by atoms with Crippen LogP contribution in [0.2, 0.25) is 0 Å². The highest BCUT2D eigenvalue weighted by Gasteiger charge is 2.64. The summed E-state index contributed by atoms with van der Waals surface area (Å²) in [4.78, 5) is 8.45. The van der Waals surface area contributed by atoms with E-state index >= 15 is 0 Å². The van der Waals surface area contributed by atoms with E-state index in [-0.39, 0.29) is 44.9 Å². The van der Waals surface area contributed by atoms with Crippen LogP contribution in [-0.2, 0) is 27.1 Å². The standard InChI is InChI=1S/C64H78BN3O/c1-37-30-38(2)52-56-51(37)62(15)27-19-21-29-64(62,17)68(56)49-36-44(67-47-24-22-42(59(8,9)10)34-46(47)61(14)26-18-20-28-63(61,67)16)35-48-54(49)65(52)53-45-33-41(58(5,6)7)23-25-50(45)69-57(53)66(48)55-39(3)31-43(32-40(55)4)60(11,12)13/h22-25,30-36H,18-21,26-29H2,1-17H3. The molecule has 2 fully saturated rings. The second-order valence-corrected chi connectivity index (χ2v) is 27.1. The highest BCUT2D eigenvalue weighted by molar-refractivity contribution is 7.02. The molecule has 5 heterocycles. The lowest BCUT2D eigenvalue weighted by Crippen LogP contribution is -2.65. The summed E-state index contributed by atoms with van der Waals surface area (Å²) < 4.78 is 7.56. The first-order valence-electron chi connectivity index (χ1n) is 26.8. The topological polar surface area (TPSA) is 22.9 Å². The summed E-state index contributed by atoms with van der Waals surface area (Å²) in [5.41, 5.74) is 25.8. The first-order chi connectivity index (χ1) is 32.2. The molecule has 1 aromatic heterocycles. The fourth-order valence-corrected chi connectivity index (χ4v) is 15.7. The zero-order chi connectivity index (χ0) is 49.1. The molecule has 0 bridgehead atoms. The Kier molecular flexibility index (Phi) is 9.15. The van der Waals surface area contributed by atoms with Gasteiger partial charge in [-0.1, -0.05) is 144 Å². The number of benzene rings is 5. The van der Waals surface area contributed by atoms with E-state index in [1.807, 2.05) is 0 Å². The SMILES string of the molecule is Cc1cc(C)c2c3c1B1c4c(cc(N5c6ccc(C(C)(C)C)cc6C6(C)CCCCC56C)cc4N3C3(C)CCCCC23C)N(c2c(C)cc(C(C)(C)C)cc2C)c2oc3ccc(C(C)(C)C)cc3c21. The Bertz CT molecular complexity index is 3200. The molecule has 4 nitrogen and oxygen atoms in total. The van der Waals surface area contributed by atoms with Crippen molar-refractivity contribution in [3.05, 3.63) is 117 Å². The van der Waals surface area contributed by atoms with Crippen molar-refractivity contribution < 1.29 is 4.42 Å². The number of fused-ring (bicyclic) bond motifs is 12. The summed E-state index contributed by atoms with van der Waals surface area (Å²) >= 11 is 0. The molecule has 6 aromatic rings. The summed E-state index contributed by atoms with van der Waals surface area (Å²) in [6.07, 6.45) is 9.75. The van der Waals surface area contributed by atoms with Gasteiger partial charge in [-0.3, -0.25) is 4.90 Å². The maximum atomic E-state index is 7.56. The number of nitrogens with zero attached hydrogens (tertiary/aromatic N) is 3. The van der Waals surface area contributed by atoms with E-state index < -0.39 is 0 Å². The monoisotopic (exact) mass is 916 g/mol. The van der Waals surface area contributed by atoms with E-state index in [2.05, 4.69) is 199 Å². The Morgan fingerprint density at radius 2 is 1.06 bits per heavy atom. The van der Waals surface area contributed by atoms with E-state index in [1.54, 1.807) is 5.56 Å². The van der Waals surface area contributed by atoms with Gasteiger partial charge in [-0.05, 0) is 169 Å². The quantitative estimate of drug-likeness (QED) is 0.161. The molecule has 0 saturated heterocycles. The molecule has 2 saturated carbocycles. The number of furan rings is 1. The van der Waals surface area contributed by atoms with Crippen molar-refractivity contribution in [3.8, 4) is 0 Å². The predicted molar refractivity (Wildman–Crippen MR) is 296 cm³/mol. The smallest absolute Gasteiger partial charge is 0.257 e. The van der Waals surface area contributed by atoms with Gasteiger partial charge in [0.05, 0.1) is 16.8 Å². The molecule has 0 N–H and O–H groups in total. The molecule has 0 amide bonds. The van der Waals surface area contributed by atoms with Crippen molar-refractivity contribution in [3.63, 3.8) is 0 Å². The second-order valence-electron chi connectivity index (χ2n) is 27.1. The first-order valence-corrected chi connectivity index (χ1v) is 26.8. The van der Waals surface area contributed by atoms with E-state index in [4.69, 9.17) is 4.42 Å². The molecule has 2 aliphatic carbocycles. The highest BCUT2D eigenvalue weighted by atomic mass is 16.4. The lowest BCUT2D eigenvalue weighted by Gasteiger charge is -2.53. The third-order valence-corrected chi connectivity index (χ3v) is 19.8. The van der Waals surface area contributed by atoms with Crippen LogP contribution in [-0.4, -0.2) is 17.8 Å². The molecule has 69 heavy (non-hydrogen) atoms. The highest BCUT2D eigenvalue weighted by Crippen LogP contribution is 2.66. The van der Waals surface area contributed by atoms with Gasteiger partial charge in [0, 0.05) is 50.1 Å². The molecule has 358 valence electrons. The Balaban J connectivity index is 1.25. The van der Waals surface area contributed by atoms with Gasteiger partial charge in [0.25, 0.3) is 6.71 Å². The van der Waals surface area contributed by atoms with Crippen LogP contribution in [0.1, 0.15) is 191 Å². The molecular formula is C64H78BN3O. The molecule has 4 unspecified atom stereocenters. The normalized spacial score (nSPS) is 25.7. The summed E-state index contributed by atoms with van der Waals surface area (Å²) in [5.74, 6) is 0.978. The third-order valence-electron chi connectivity index (χ3n) is 19.8. The Morgan fingerprint density at radius 3 is 1.70 bits per heavy atom. The van der Waals surface area contributed by atoms with Gasteiger partial charge >= 0.3 is 0 Å². The zero-order valence-electron chi connectivity index (χ0n) is 45.3. The molecule has 5 heteroatoms. The van der Waals surface area contributed by atoms with E-state index in [1.165, 1.54) is 145 Å². The van der Waals surface area contributed by atoms with E-state index in [0.29, 0.717) is 0 Å². The van der Waals surface area contributed by atoms with E-state index in [9.17, 15) is 0 Å². The molecule has 0 spiro atoms. The Morgan fingerprint density at radius 1 is 0.493 bits per heavy atom. The molecule has 6 aliphatic rings. The van der Waals surface area contributed by atoms with Crippen LogP contribution in [0.5, 0.6) is 0 Å². The minimum absolute atomic E-state index is 0.000606. The van der Waals surface area contributed by atoms with Gasteiger partial charge < -0.3 is 14.2 Å². The predicted octanol–water partition coefficient (Wildman–Crippen LogP) is 15.7. The number of rotatable bonds is 2. The van der Waals surface area contributed by atoms with Gasteiger partial charge in [0.2, 0.25) is 5.88 Å². The van der Waals surface area contributed by atoms with Gasteiger partial charge in [-0.15, -0.1) is 0 Å². The maximum Gasteiger partial charge on any atom is 0.257 e. The van der Waals surface area contributed by atoms with E-state index in [0.717, 1.165) is 17.9 Å². The summed E-state index contributed by atoms with van der Waals surface area (Å²) in [6, 6.07) is 27.5. The third kappa shape index (κ3) is 5.71. The van der Waals surface area contributed by atoms with Crippen molar-refractivity contribution in [2.75, 3.05) is 14.7 Å². The molecule has 5 aromatic carbocycles. The van der Waals surface area contributed by atoms with Crippen molar-refractivity contribution in [2.24, 2.45) is 0 Å². The van der Waals surface area contributed by atoms with Crippen molar-refractivity contribution in [2.45, 2.75) is 207 Å². The summed E-state index contributed by atoms with van der Waals surface area (Å²) in [7, 11) is 0. The second kappa shape index (κ2) is 13.9. The van der Waals surface area contributed by atoms with Gasteiger partial charge in [-0.2, -0.15) is 0 Å². The van der Waals surface area contributed by atoms with Crippen LogP contribution in [0.4, 0.5) is 40.0 Å². The minimum Gasteiger partial charge on any atom is -0.440 e. The minimum atomic E-state index is -0.114. The van der Waals surface area contributed by atoms with Gasteiger partial charge in [0.1, 0.15) is 5.58 Å². The molecule has 4 atom stereocenters. The summed E-state index contributed by atoms with van der Waals surface area (Å²) in [6.45, 7) is 41.3. The lowest BCUT2D eigenvalue weighted by atomic mass is 9.32.